The molecule has 1 aliphatic rings. The van der Waals surface area contributed by atoms with E-state index in [0.717, 1.165) is 35.4 Å². The van der Waals surface area contributed by atoms with Crippen LogP contribution in [0.25, 0.3) is 6.08 Å². The lowest BCUT2D eigenvalue weighted by molar-refractivity contribution is -0.114. The third kappa shape index (κ3) is 2.70. The lowest BCUT2D eigenvalue weighted by Crippen LogP contribution is -2.14. The molecule has 22 heavy (non-hydrogen) atoms. The van der Waals surface area contributed by atoms with Crippen LogP contribution < -0.4 is 5.32 Å². The fourth-order valence-corrected chi connectivity index (χ4v) is 2.69. The van der Waals surface area contributed by atoms with Gasteiger partial charge in [0.05, 0.1) is 11.8 Å². The van der Waals surface area contributed by atoms with Gasteiger partial charge < -0.3 is 5.32 Å². The molecule has 0 bridgehead atoms. The summed E-state index contributed by atoms with van der Waals surface area (Å²) < 4.78 is 1.77. The normalized spacial score (nSPS) is 15.7. The molecule has 1 aromatic carbocycles. The van der Waals surface area contributed by atoms with E-state index in [1.165, 1.54) is 6.92 Å². The van der Waals surface area contributed by atoms with Crippen molar-refractivity contribution in [2.24, 2.45) is 7.05 Å². The number of allylic oxidation sites excluding steroid dienone is 1. The number of hydrogen-bond donors (Lipinski definition) is 1. The molecular formula is C17H17N3O2. The molecule has 3 rings (SSSR count). The SMILES string of the molecule is CC(=O)Nc1ccc(/C=C2\CCc3c(cnn3C)C2=O)cc1. The van der Waals surface area contributed by atoms with Crippen molar-refractivity contribution in [2.75, 3.05) is 5.32 Å². The number of Topliss-reactive ketones (excluding diaryl/α,β-unsaturated/α-hetero) is 1. The van der Waals surface area contributed by atoms with Gasteiger partial charge in [-0.05, 0) is 36.6 Å². The van der Waals surface area contributed by atoms with Gasteiger partial charge in [0, 0.05) is 30.9 Å². The Kier molecular flexibility index (Phi) is 3.63. The molecule has 1 aliphatic carbocycles. The molecule has 0 saturated heterocycles. The number of benzene rings is 1. The van der Waals surface area contributed by atoms with Gasteiger partial charge in [0.15, 0.2) is 5.78 Å². The first-order valence-corrected chi connectivity index (χ1v) is 7.18. The average Bonchev–Trinajstić information content (AvgIpc) is 2.86. The van der Waals surface area contributed by atoms with Crippen LogP contribution in [0, 0.1) is 0 Å². The van der Waals surface area contributed by atoms with Gasteiger partial charge in [-0.15, -0.1) is 0 Å². The van der Waals surface area contributed by atoms with Gasteiger partial charge in [-0.25, -0.2) is 0 Å². The maximum absolute atomic E-state index is 12.5. The number of ketones is 1. The van der Waals surface area contributed by atoms with E-state index < -0.39 is 0 Å². The molecule has 5 heteroatoms. The first-order chi connectivity index (χ1) is 10.5. The van der Waals surface area contributed by atoms with Crippen molar-refractivity contribution in [3.05, 3.63) is 52.9 Å². The number of carbonyl (C=O) groups is 2. The molecule has 2 aromatic rings. The highest BCUT2D eigenvalue weighted by atomic mass is 16.1. The monoisotopic (exact) mass is 295 g/mol. The Bertz CT molecular complexity index is 770. The summed E-state index contributed by atoms with van der Waals surface area (Å²) >= 11 is 0. The van der Waals surface area contributed by atoms with Crippen LogP contribution in [0.1, 0.15) is 35.0 Å². The van der Waals surface area contributed by atoms with E-state index in [0.29, 0.717) is 5.56 Å². The molecule has 0 fully saturated rings. The zero-order valence-electron chi connectivity index (χ0n) is 12.6. The van der Waals surface area contributed by atoms with Crippen molar-refractivity contribution in [3.8, 4) is 0 Å². The molecule has 0 atom stereocenters. The predicted molar refractivity (Wildman–Crippen MR) is 84.6 cm³/mol. The number of anilines is 1. The van der Waals surface area contributed by atoms with Crippen LogP contribution in [-0.2, 0) is 18.3 Å². The van der Waals surface area contributed by atoms with E-state index in [-0.39, 0.29) is 11.7 Å². The quantitative estimate of drug-likeness (QED) is 0.866. The average molecular weight is 295 g/mol. The minimum absolute atomic E-state index is 0.0558. The second kappa shape index (κ2) is 5.60. The third-order valence-electron chi connectivity index (χ3n) is 3.80. The van der Waals surface area contributed by atoms with Gasteiger partial charge in [0.1, 0.15) is 0 Å². The lowest BCUT2D eigenvalue weighted by atomic mass is 9.90. The molecule has 0 unspecified atom stereocenters. The van der Waals surface area contributed by atoms with Crippen LogP contribution in [0.5, 0.6) is 0 Å². The predicted octanol–water partition coefficient (Wildman–Crippen LogP) is 2.59. The lowest BCUT2D eigenvalue weighted by Gasteiger charge is -2.14. The molecule has 0 radical (unpaired) electrons. The van der Waals surface area contributed by atoms with Gasteiger partial charge in [-0.3, -0.25) is 14.3 Å². The number of hydrogen-bond acceptors (Lipinski definition) is 3. The third-order valence-corrected chi connectivity index (χ3v) is 3.80. The number of nitrogens with zero attached hydrogens (tertiary/aromatic N) is 2. The summed E-state index contributed by atoms with van der Waals surface area (Å²) in [6.07, 6.45) is 5.10. The zero-order chi connectivity index (χ0) is 15.7. The van der Waals surface area contributed by atoms with Crippen molar-refractivity contribution in [1.82, 2.24) is 9.78 Å². The van der Waals surface area contributed by atoms with Gasteiger partial charge in [0.25, 0.3) is 0 Å². The maximum atomic E-state index is 12.5. The molecule has 1 amide bonds. The molecule has 1 aromatic heterocycles. The fourth-order valence-electron chi connectivity index (χ4n) is 2.69. The topological polar surface area (TPSA) is 64.0 Å². The largest absolute Gasteiger partial charge is 0.326 e. The highest BCUT2D eigenvalue weighted by molar-refractivity contribution is 6.12. The summed E-state index contributed by atoms with van der Waals surface area (Å²) in [6, 6.07) is 7.45. The van der Waals surface area contributed by atoms with E-state index in [4.69, 9.17) is 0 Å². The van der Waals surface area contributed by atoms with Crippen LogP contribution >= 0.6 is 0 Å². The van der Waals surface area contributed by atoms with Crippen LogP contribution in [0.3, 0.4) is 0 Å². The number of amides is 1. The number of aromatic nitrogens is 2. The van der Waals surface area contributed by atoms with Crippen molar-refractivity contribution in [2.45, 2.75) is 19.8 Å². The number of aryl methyl sites for hydroxylation is 1. The summed E-state index contributed by atoms with van der Waals surface area (Å²) in [6.45, 7) is 1.47. The Labute approximate surface area is 128 Å². The van der Waals surface area contributed by atoms with Gasteiger partial charge in [-0.1, -0.05) is 12.1 Å². The van der Waals surface area contributed by atoms with E-state index in [1.54, 1.807) is 10.9 Å². The smallest absolute Gasteiger partial charge is 0.221 e. The maximum Gasteiger partial charge on any atom is 0.221 e. The number of fused-ring (bicyclic) bond motifs is 1. The first-order valence-electron chi connectivity index (χ1n) is 7.18. The number of rotatable bonds is 2. The molecule has 112 valence electrons. The second-order valence-corrected chi connectivity index (χ2v) is 5.43. The van der Waals surface area contributed by atoms with Crippen LogP contribution in [-0.4, -0.2) is 21.5 Å². The van der Waals surface area contributed by atoms with E-state index in [1.807, 2.05) is 37.4 Å². The molecule has 5 nitrogen and oxygen atoms in total. The Morgan fingerprint density at radius 2 is 2.00 bits per heavy atom. The summed E-state index contributed by atoms with van der Waals surface area (Å²) in [5.41, 5.74) is 4.20. The Balaban J connectivity index is 1.84. The second-order valence-electron chi connectivity index (χ2n) is 5.43. The minimum atomic E-state index is -0.0994. The standard InChI is InChI=1S/C17H17N3O2/c1-11(21)19-14-6-3-12(4-7-14)9-13-5-8-16-15(17(13)22)10-18-20(16)2/h3-4,6-7,9-10H,5,8H2,1-2H3,(H,19,21)/b13-9+. The number of carbonyl (C=O) groups excluding carboxylic acids is 2. The summed E-state index contributed by atoms with van der Waals surface area (Å²) in [7, 11) is 1.86. The number of nitrogens with one attached hydrogen (secondary N) is 1. The summed E-state index contributed by atoms with van der Waals surface area (Å²) in [5, 5.41) is 6.88. The Morgan fingerprint density at radius 1 is 1.27 bits per heavy atom. The van der Waals surface area contributed by atoms with Crippen molar-refractivity contribution >= 4 is 23.5 Å². The Hall–Kier alpha value is -2.69. The van der Waals surface area contributed by atoms with Crippen molar-refractivity contribution in [3.63, 3.8) is 0 Å². The van der Waals surface area contributed by atoms with Crippen molar-refractivity contribution in [1.29, 1.82) is 0 Å². The first kappa shape index (κ1) is 14.3. The highest BCUT2D eigenvalue weighted by Gasteiger charge is 2.24. The highest BCUT2D eigenvalue weighted by Crippen LogP contribution is 2.26. The van der Waals surface area contributed by atoms with E-state index in [2.05, 4.69) is 10.4 Å². The minimum Gasteiger partial charge on any atom is -0.326 e. The van der Waals surface area contributed by atoms with Gasteiger partial charge >= 0.3 is 0 Å². The molecular weight excluding hydrogens is 278 g/mol. The summed E-state index contributed by atoms with van der Waals surface area (Å²) in [5.74, 6) is -0.0436. The Morgan fingerprint density at radius 3 is 2.68 bits per heavy atom. The zero-order valence-corrected chi connectivity index (χ0v) is 12.6. The van der Waals surface area contributed by atoms with E-state index in [9.17, 15) is 9.59 Å². The fraction of sp³-hybridized carbons (Fsp3) is 0.235. The van der Waals surface area contributed by atoms with Crippen LogP contribution in [0.4, 0.5) is 5.69 Å². The summed E-state index contributed by atoms with van der Waals surface area (Å²) in [4.78, 5) is 23.5. The van der Waals surface area contributed by atoms with Crippen LogP contribution in [0.15, 0.2) is 36.0 Å². The molecule has 1 heterocycles. The van der Waals surface area contributed by atoms with Crippen LogP contribution in [0.2, 0.25) is 0 Å². The van der Waals surface area contributed by atoms with E-state index >= 15 is 0 Å². The molecule has 0 saturated carbocycles. The molecule has 0 aliphatic heterocycles. The van der Waals surface area contributed by atoms with Gasteiger partial charge in [-0.2, -0.15) is 5.10 Å². The van der Waals surface area contributed by atoms with Gasteiger partial charge in [0.2, 0.25) is 5.91 Å². The molecule has 0 spiro atoms. The molecule has 1 N–H and O–H groups in total. The van der Waals surface area contributed by atoms with Crippen molar-refractivity contribution < 1.29 is 9.59 Å².